The molecule has 2 N–H and O–H groups in total. The first-order valence-corrected chi connectivity index (χ1v) is 6.60. The Kier molecular flexibility index (Phi) is 5.01. The number of ether oxygens (including phenoxy) is 1. The van der Waals surface area contributed by atoms with Gasteiger partial charge in [-0.15, -0.1) is 0 Å². The van der Waals surface area contributed by atoms with Crippen molar-refractivity contribution in [2.45, 2.75) is 44.2 Å². The number of allylic oxidation sites excluding steroid dienone is 1. The third-order valence-corrected chi connectivity index (χ3v) is 3.41. The lowest BCUT2D eigenvalue weighted by atomic mass is 10.0. The Hall–Kier alpha value is -0.870. The molecule has 0 saturated carbocycles. The molecule has 1 amide bonds. The van der Waals surface area contributed by atoms with Crippen LogP contribution in [0.25, 0.3) is 0 Å². The van der Waals surface area contributed by atoms with E-state index >= 15 is 0 Å². The van der Waals surface area contributed by atoms with Gasteiger partial charge in [0.25, 0.3) is 0 Å². The van der Waals surface area contributed by atoms with Crippen LogP contribution in [0.1, 0.15) is 32.1 Å². The van der Waals surface area contributed by atoms with Crippen molar-refractivity contribution in [3.8, 4) is 0 Å². The van der Waals surface area contributed by atoms with Gasteiger partial charge in [-0.2, -0.15) is 0 Å². The van der Waals surface area contributed by atoms with Crippen molar-refractivity contribution < 1.29 is 9.53 Å². The summed E-state index contributed by atoms with van der Waals surface area (Å²) < 4.78 is 5.26. The molecule has 2 aliphatic rings. The Balaban J connectivity index is 1.61. The summed E-state index contributed by atoms with van der Waals surface area (Å²) in [7, 11) is 0. The maximum Gasteiger partial charge on any atom is 0.234 e. The lowest BCUT2D eigenvalue weighted by Gasteiger charge is -2.24. The van der Waals surface area contributed by atoms with Crippen LogP contribution < -0.4 is 10.6 Å². The average molecular weight is 238 g/mol. The van der Waals surface area contributed by atoms with Gasteiger partial charge in [0.05, 0.1) is 6.54 Å². The zero-order valence-corrected chi connectivity index (χ0v) is 10.3. The fourth-order valence-electron chi connectivity index (χ4n) is 2.34. The lowest BCUT2D eigenvalue weighted by molar-refractivity contribution is -0.121. The van der Waals surface area contributed by atoms with Gasteiger partial charge in [-0.25, -0.2) is 0 Å². The van der Waals surface area contributed by atoms with Crippen LogP contribution in [0.15, 0.2) is 12.2 Å². The molecule has 96 valence electrons. The molecule has 2 rings (SSSR count). The van der Waals surface area contributed by atoms with Crippen LogP contribution in [-0.2, 0) is 9.53 Å². The summed E-state index contributed by atoms with van der Waals surface area (Å²) in [6.45, 7) is 1.98. The minimum Gasteiger partial charge on any atom is -0.381 e. The maximum atomic E-state index is 11.7. The molecular weight excluding hydrogens is 216 g/mol. The topological polar surface area (TPSA) is 50.4 Å². The molecule has 1 aliphatic carbocycles. The molecule has 0 spiro atoms. The van der Waals surface area contributed by atoms with Crippen molar-refractivity contribution in [2.75, 3.05) is 19.8 Å². The van der Waals surface area contributed by atoms with Crippen LogP contribution >= 0.6 is 0 Å². The van der Waals surface area contributed by atoms with Crippen LogP contribution in [0, 0.1) is 0 Å². The highest BCUT2D eigenvalue weighted by Gasteiger charge is 2.16. The molecule has 0 aromatic carbocycles. The van der Waals surface area contributed by atoms with E-state index in [4.69, 9.17) is 4.74 Å². The summed E-state index contributed by atoms with van der Waals surface area (Å²) in [6, 6.07) is 0.782. The van der Waals surface area contributed by atoms with Crippen molar-refractivity contribution in [3.05, 3.63) is 12.2 Å². The molecule has 1 atom stereocenters. The predicted octanol–water partition coefficient (Wildman–Crippen LogP) is 0.980. The van der Waals surface area contributed by atoms with Crippen molar-refractivity contribution >= 4 is 5.91 Å². The number of rotatable bonds is 4. The van der Waals surface area contributed by atoms with Crippen LogP contribution in [0.5, 0.6) is 0 Å². The molecule has 1 unspecified atom stereocenters. The average Bonchev–Trinajstić information content (AvgIpc) is 2.39. The van der Waals surface area contributed by atoms with E-state index in [2.05, 4.69) is 22.8 Å². The van der Waals surface area contributed by atoms with E-state index in [9.17, 15) is 4.79 Å². The van der Waals surface area contributed by atoms with Gasteiger partial charge in [0.15, 0.2) is 0 Å². The molecule has 17 heavy (non-hydrogen) atoms. The summed E-state index contributed by atoms with van der Waals surface area (Å²) in [5.41, 5.74) is 0. The minimum atomic E-state index is 0.117. The number of hydrogen-bond acceptors (Lipinski definition) is 3. The van der Waals surface area contributed by atoms with Gasteiger partial charge in [0, 0.05) is 25.3 Å². The Morgan fingerprint density at radius 1 is 1.18 bits per heavy atom. The fraction of sp³-hybridized carbons (Fsp3) is 0.769. The lowest BCUT2D eigenvalue weighted by Crippen LogP contribution is -2.45. The molecule has 0 radical (unpaired) electrons. The first-order valence-electron chi connectivity index (χ1n) is 6.60. The van der Waals surface area contributed by atoms with E-state index in [0.717, 1.165) is 45.3 Å². The van der Waals surface area contributed by atoms with Gasteiger partial charge in [-0.1, -0.05) is 12.2 Å². The molecular formula is C13H22N2O2. The zero-order chi connectivity index (χ0) is 11.9. The van der Waals surface area contributed by atoms with Gasteiger partial charge in [-0.05, 0) is 32.1 Å². The first kappa shape index (κ1) is 12.6. The van der Waals surface area contributed by atoms with Crippen LogP contribution in [0.4, 0.5) is 0 Å². The first-order chi connectivity index (χ1) is 8.34. The van der Waals surface area contributed by atoms with Crippen LogP contribution in [0.2, 0.25) is 0 Å². The monoisotopic (exact) mass is 238 g/mol. The smallest absolute Gasteiger partial charge is 0.234 e. The number of amides is 1. The molecule has 0 aromatic rings. The van der Waals surface area contributed by atoms with Crippen LogP contribution in [-0.4, -0.2) is 37.7 Å². The number of carbonyl (C=O) groups is 1. The zero-order valence-electron chi connectivity index (χ0n) is 10.3. The second-order valence-electron chi connectivity index (χ2n) is 4.82. The third-order valence-electron chi connectivity index (χ3n) is 3.41. The molecule has 1 saturated heterocycles. The van der Waals surface area contributed by atoms with E-state index in [1.807, 2.05) is 0 Å². The Morgan fingerprint density at radius 3 is 2.71 bits per heavy atom. The second kappa shape index (κ2) is 6.77. The minimum absolute atomic E-state index is 0.117. The highest BCUT2D eigenvalue weighted by molar-refractivity contribution is 5.78. The number of hydrogen-bond donors (Lipinski definition) is 2. The fourth-order valence-corrected chi connectivity index (χ4v) is 2.34. The third kappa shape index (κ3) is 4.48. The summed E-state index contributed by atoms with van der Waals surface area (Å²) in [5.74, 6) is 0.117. The van der Waals surface area contributed by atoms with E-state index in [0.29, 0.717) is 18.6 Å². The summed E-state index contributed by atoms with van der Waals surface area (Å²) in [5, 5.41) is 6.38. The highest BCUT2D eigenvalue weighted by Crippen LogP contribution is 2.10. The Morgan fingerprint density at radius 2 is 2.00 bits per heavy atom. The van der Waals surface area contributed by atoms with Crippen molar-refractivity contribution in [2.24, 2.45) is 0 Å². The standard InChI is InChI=1S/C13H22N2O2/c16-13(15-12-6-8-17-9-7-12)10-14-11-4-2-1-3-5-11/h1-2,11-12,14H,3-10H2,(H,15,16). The van der Waals surface area contributed by atoms with Gasteiger partial charge in [-0.3, -0.25) is 4.79 Å². The van der Waals surface area contributed by atoms with Crippen LogP contribution in [0.3, 0.4) is 0 Å². The maximum absolute atomic E-state index is 11.7. The van der Waals surface area contributed by atoms with Crippen molar-refractivity contribution in [1.29, 1.82) is 0 Å². The number of nitrogens with one attached hydrogen (secondary N) is 2. The predicted molar refractivity (Wildman–Crippen MR) is 66.8 cm³/mol. The van der Waals surface area contributed by atoms with Gasteiger partial charge < -0.3 is 15.4 Å². The Bertz CT molecular complexity index is 273. The molecule has 1 heterocycles. The second-order valence-corrected chi connectivity index (χ2v) is 4.82. The SMILES string of the molecule is O=C(CNC1CC=CCC1)NC1CCOCC1. The summed E-state index contributed by atoms with van der Waals surface area (Å²) in [6.07, 6.45) is 9.60. The largest absolute Gasteiger partial charge is 0.381 e. The molecule has 1 aliphatic heterocycles. The van der Waals surface area contributed by atoms with E-state index in [1.165, 1.54) is 0 Å². The normalized spacial score (nSPS) is 25.8. The highest BCUT2D eigenvalue weighted by atomic mass is 16.5. The molecule has 1 fully saturated rings. The quantitative estimate of drug-likeness (QED) is 0.718. The summed E-state index contributed by atoms with van der Waals surface area (Å²) in [4.78, 5) is 11.7. The number of carbonyl (C=O) groups excluding carboxylic acids is 1. The molecule has 0 aromatic heterocycles. The molecule has 0 bridgehead atoms. The van der Waals surface area contributed by atoms with E-state index in [-0.39, 0.29) is 5.91 Å². The van der Waals surface area contributed by atoms with Gasteiger partial charge in [0.1, 0.15) is 0 Å². The molecule has 4 nitrogen and oxygen atoms in total. The van der Waals surface area contributed by atoms with Gasteiger partial charge >= 0.3 is 0 Å². The van der Waals surface area contributed by atoms with E-state index < -0.39 is 0 Å². The van der Waals surface area contributed by atoms with Gasteiger partial charge in [0.2, 0.25) is 5.91 Å². The summed E-state index contributed by atoms with van der Waals surface area (Å²) >= 11 is 0. The molecule has 4 heteroatoms. The van der Waals surface area contributed by atoms with E-state index in [1.54, 1.807) is 0 Å². The van der Waals surface area contributed by atoms with Crippen molar-refractivity contribution in [1.82, 2.24) is 10.6 Å². The van der Waals surface area contributed by atoms with Crippen molar-refractivity contribution in [3.63, 3.8) is 0 Å². The Labute approximate surface area is 103 Å².